The highest BCUT2D eigenvalue weighted by molar-refractivity contribution is 7.98. The van der Waals surface area contributed by atoms with Crippen molar-refractivity contribution >= 4 is 22.9 Å². The molecule has 0 N–H and O–H groups in total. The first-order valence-corrected chi connectivity index (χ1v) is 7.24. The standard InChI is InChI=1S/C15H11NO3S/c1-2-4-12-11(3-1)16-15(19-12)20-8-10-5-6-13-14(7-10)18-9-17-13/h1-7H,8-9H2. The Morgan fingerprint density at radius 1 is 1.05 bits per heavy atom. The van der Waals surface area contributed by atoms with Gasteiger partial charge in [-0.3, -0.25) is 0 Å². The highest BCUT2D eigenvalue weighted by atomic mass is 32.2. The van der Waals surface area contributed by atoms with Gasteiger partial charge in [-0.05, 0) is 29.8 Å². The maximum absolute atomic E-state index is 5.68. The van der Waals surface area contributed by atoms with E-state index in [-0.39, 0.29) is 0 Å². The maximum Gasteiger partial charge on any atom is 0.257 e. The van der Waals surface area contributed by atoms with E-state index in [9.17, 15) is 0 Å². The summed E-state index contributed by atoms with van der Waals surface area (Å²) in [6, 6.07) is 13.7. The van der Waals surface area contributed by atoms with Gasteiger partial charge in [0.25, 0.3) is 5.22 Å². The predicted octanol–water partition coefficient (Wildman–Crippen LogP) is 3.85. The summed E-state index contributed by atoms with van der Waals surface area (Å²) in [5.74, 6) is 2.39. The average molecular weight is 285 g/mol. The highest BCUT2D eigenvalue weighted by Gasteiger charge is 2.13. The minimum atomic E-state index is 0.303. The van der Waals surface area contributed by atoms with Gasteiger partial charge in [0.05, 0.1) is 0 Å². The molecule has 4 rings (SSSR count). The van der Waals surface area contributed by atoms with E-state index in [2.05, 4.69) is 4.98 Å². The molecule has 2 heterocycles. The van der Waals surface area contributed by atoms with Crippen LogP contribution >= 0.6 is 11.8 Å². The van der Waals surface area contributed by atoms with Crippen molar-refractivity contribution in [2.24, 2.45) is 0 Å². The molecular formula is C15H11NO3S. The first kappa shape index (κ1) is 11.7. The van der Waals surface area contributed by atoms with Gasteiger partial charge in [-0.15, -0.1) is 0 Å². The van der Waals surface area contributed by atoms with Crippen molar-refractivity contribution in [3.63, 3.8) is 0 Å². The molecule has 0 saturated heterocycles. The summed E-state index contributed by atoms with van der Waals surface area (Å²) in [7, 11) is 0. The van der Waals surface area contributed by atoms with Gasteiger partial charge >= 0.3 is 0 Å². The van der Waals surface area contributed by atoms with E-state index in [1.54, 1.807) is 11.8 Å². The van der Waals surface area contributed by atoms with Crippen LogP contribution in [0.25, 0.3) is 11.1 Å². The Hall–Kier alpha value is -2.14. The molecule has 1 aliphatic rings. The number of para-hydroxylation sites is 2. The fourth-order valence-electron chi connectivity index (χ4n) is 2.09. The molecule has 0 aliphatic carbocycles. The molecule has 0 spiro atoms. The van der Waals surface area contributed by atoms with E-state index < -0.39 is 0 Å². The quantitative estimate of drug-likeness (QED) is 0.684. The molecular weight excluding hydrogens is 274 g/mol. The van der Waals surface area contributed by atoms with Crippen LogP contribution in [-0.4, -0.2) is 11.8 Å². The Balaban J connectivity index is 1.52. The van der Waals surface area contributed by atoms with Crippen molar-refractivity contribution < 1.29 is 13.9 Å². The Morgan fingerprint density at radius 2 is 1.95 bits per heavy atom. The number of aromatic nitrogens is 1. The molecule has 0 amide bonds. The second-order valence-electron chi connectivity index (χ2n) is 4.42. The highest BCUT2D eigenvalue weighted by Crippen LogP contribution is 2.34. The lowest BCUT2D eigenvalue weighted by molar-refractivity contribution is 0.174. The third kappa shape index (κ3) is 2.10. The molecule has 0 unspecified atom stereocenters. The summed E-state index contributed by atoms with van der Waals surface area (Å²) in [6.45, 7) is 0.303. The monoisotopic (exact) mass is 285 g/mol. The van der Waals surface area contributed by atoms with Crippen molar-refractivity contribution in [3.8, 4) is 11.5 Å². The van der Waals surface area contributed by atoms with Crippen LogP contribution in [0.3, 0.4) is 0 Å². The zero-order chi connectivity index (χ0) is 13.4. The lowest BCUT2D eigenvalue weighted by Crippen LogP contribution is -1.92. The Bertz CT molecular complexity index is 736. The van der Waals surface area contributed by atoms with Crippen LogP contribution in [0.4, 0.5) is 0 Å². The number of hydrogen-bond donors (Lipinski definition) is 0. The number of oxazole rings is 1. The Morgan fingerprint density at radius 3 is 2.90 bits per heavy atom. The first-order valence-electron chi connectivity index (χ1n) is 6.25. The second-order valence-corrected chi connectivity index (χ2v) is 5.35. The molecule has 4 nitrogen and oxygen atoms in total. The van der Waals surface area contributed by atoms with Gasteiger partial charge in [0.15, 0.2) is 17.1 Å². The first-order chi connectivity index (χ1) is 9.88. The molecule has 20 heavy (non-hydrogen) atoms. The topological polar surface area (TPSA) is 44.5 Å². The van der Waals surface area contributed by atoms with E-state index in [1.165, 1.54) is 0 Å². The molecule has 0 saturated carbocycles. The Kier molecular flexibility index (Phi) is 2.77. The van der Waals surface area contributed by atoms with Crippen molar-refractivity contribution in [2.45, 2.75) is 11.0 Å². The SMILES string of the molecule is c1ccc2oc(SCc3ccc4c(c3)OCO4)nc2c1. The predicted molar refractivity (Wildman–Crippen MR) is 76.1 cm³/mol. The number of fused-ring (bicyclic) bond motifs is 2. The second kappa shape index (κ2) is 4.76. The van der Waals surface area contributed by atoms with E-state index in [0.29, 0.717) is 12.0 Å². The molecule has 0 bridgehead atoms. The fraction of sp³-hybridized carbons (Fsp3) is 0.133. The molecule has 0 atom stereocenters. The number of benzene rings is 2. The van der Waals surface area contributed by atoms with Gasteiger partial charge in [0.2, 0.25) is 6.79 Å². The lowest BCUT2D eigenvalue weighted by atomic mass is 10.2. The van der Waals surface area contributed by atoms with Crippen LogP contribution in [0.2, 0.25) is 0 Å². The largest absolute Gasteiger partial charge is 0.454 e. The smallest absolute Gasteiger partial charge is 0.257 e. The maximum atomic E-state index is 5.68. The molecule has 0 radical (unpaired) electrons. The van der Waals surface area contributed by atoms with E-state index in [1.807, 2.05) is 42.5 Å². The number of rotatable bonds is 3. The van der Waals surface area contributed by atoms with Crippen LogP contribution in [-0.2, 0) is 5.75 Å². The molecule has 2 aromatic carbocycles. The molecule has 100 valence electrons. The fourth-order valence-corrected chi connectivity index (χ4v) is 2.87. The third-order valence-corrected chi connectivity index (χ3v) is 3.97. The zero-order valence-electron chi connectivity index (χ0n) is 10.5. The number of hydrogen-bond acceptors (Lipinski definition) is 5. The van der Waals surface area contributed by atoms with Crippen LogP contribution < -0.4 is 9.47 Å². The van der Waals surface area contributed by atoms with Crippen molar-refractivity contribution in [1.82, 2.24) is 4.98 Å². The summed E-state index contributed by atoms with van der Waals surface area (Å²) < 4.78 is 16.3. The van der Waals surface area contributed by atoms with Crippen LogP contribution in [0.1, 0.15) is 5.56 Å². The molecule has 0 fully saturated rings. The van der Waals surface area contributed by atoms with Gasteiger partial charge in [0.1, 0.15) is 5.52 Å². The molecule has 5 heteroatoms. The lowest BCUT2D eigenvalue weighted by Gasteiger charge is -2.00. The van der Waals surface area contributed by atoms with Gasteiger partial charge in [0, 0.05) is 5.75 Å². The van der Waals surface area contributed by atoms with Gasteiger partial charge in [-0.1, -0.05) is 30.0 Å². The van der Waals surface area contributed by atoms with Crippen molar-refractivity contribution in [2.75, 3.05) is 6.79 Å². The van der Waals surface area contributed by atoms with Crippen LogP contribution in [0, 0.1) is 0 Å². The van der Waals surface area contributed by atoms with Crippen LogP contribution in [0.15, 0.2) is 52.1 Å². The average Bonchev–Trinajstić information content (AvgIpc) is 3.10. The number of ether oxygens (including phenoxy) is 2. The van der Waals surface area contributed by atoms with E-state index in [0.717, 1.165) is 33.9 Å². The van der Waals surface area contributed by atoms with Gasteiger partial charge in [-0.25, -0.2) is 4.98 Å². The summed E-state index contributed by atoms with van der Waals surface area (Å²) in [5.41, 5.74) is 2.86. The normalized spacial score (nSPS) is 13.0. The summed E-state index contributed by atoms with van der Waals surface area (Å²) in [5, 5.41) is 0.684. The van der Waals surface area contributed by atoms with Crippen molar-refractivity contribution in [1.29, 1.82) is 0 Å². The van der Waals surface area contributed by atoms with Crippen LogP contribution in [0.5, 0.6) is 11.5 Å². The summed E-state index contributed by atoms with van der Waals surface area (Å²) in [4.78, 5) is 4.44. The molecule has 3 aromatic rings. The van der Waals surface area contributed by atoms with Gasteiger partial charge in [-0.2, -0.15) is 0 Å². The van der Waals surface area contributed by atoms with E-state index >= 15 is 0 Å². The third-order valence-electron chi connectivity index (χ3n) is 3.07. The number of nitrogens with zero attached hydrogens (tertiary/aromatic N) is 1. The minimum Gasteiger partial charge on any atom is -0.454 e. The van der Waals surface area contributed by atoms with Gasteiger partial charge < -0.3 is 13.9 Å². The van der Waals surface area contributed by atoms with E-state index in [4.69, 9.17) is 13.9 Å². The zero-order valence-corrected chi connectivity index (χ0v) is 11.4. The molecule has 1 aliphatic heterocycles. The summed E-state index contributed by atoms with van der Waals surface area (Å²) in [6.07, 6.45) is 0. The summed E-state index contributed by atoms with van der Waals surface area (Å²) >= 11 is 1.57. The minimum absolute atomic E-state index is 0.303. The van der Waals surface area contributed by atoms with Crippen molar-refractivity contribution in [3.05, 3.63) is 48.0 Å². The molecule has 1 aromatic heterocycles. The number of thioether (sulfide) groups is 1. The Labute approximate surface area is 119 Å².